The van der Waals surface area contributed by atoms with Crippen molar-refractivity contribution in [3.8, 4) is 0 Å². The summed E-state index contributed by atoms with van der Waals surface area (Å²) >= 11 is 0.957. The van der Waals surface area contributed by atoms with Crippen LogP contribution in [0.5, 0.6) is 0 Å². The number of hydrogen-bond acceptors (Lipinski definition) is 3. The van der Waals surface area contributed by atoms with Crippen LogP contribution in [0.4, 0.5) is 0 Å². The summed E-state index contributed by atoms with van der Waals surface area (Å²) in [5, 5.41) is 12.3. The van der Waals surface area contributed by atoms with Crippen LogP contribution in [0.3, 0.4) is 0 Å². The molecule has 1 N–H and O–H groups in total. The molecule has 50 valence electrons. The first-order valence-corrected chi connectivity index (χ1v) is 3.99. The number of hydrogen-bond donors (Lipinski definition) is 1. The van der Waals surface area contributed by atoms with Crippen LogP contribution in [0.2, 0.25) is 0 Å². The van der Waals surface area contributed by atoms with Crippen LogP contribution in [-0.4, -0.2) is 38.2 Å². The van der Waals surface area contributed by atoms with Crippen LogP contribution in [0, 0.1) is 0 Å². The average Bonchev–Trinajstić information content (AvgIpc) is 2.10. The monoisotopic (exact) mass is 143 g/mol. The van der Waals surface area contributed by atoms with E-state index in [0.29, 0.717) is 0 Å². The Balaban J connectivity index is 2.50. The van der Waals surface area contributed by atoms with E-state index in [9.17, 15) is 0 Å². The van der Waals surface area contributed by atoms with E-state index in [1.165, 1.54) is 0 Å². The largest absolute Gasteiger partial charge is 0.407 e. The lowest BCUT2D eigenvalue weighted by molar-refractivity contribution is 0.0641. The van der Waals surface area contributed by atoms with Crippen molar-refractivity contribution in [3.05, 3.63) is 0 Å². The highest BCUT2D eigenvalue weighted by Gasteiger charge is 2.27. The lowest BCUT2D eigenvalue weighted by atomic mass is 10.2. The number of aliphatic hydroxyl groups excluding tert-OH is 1. The highest BCUT2D eigenvalue weighted by Crippen LogP contribution is 2.18. The molecule has 0 aliphatic carbocycles. The fraction of sp³-hybridized carbons (Fsp3) is 0.800. The van der Waals surface area contributed by atoms with Gasteiger partial charge in [0.25, 0.3) is 16.3 Å². The summed E-state index contributed by atoms with van der Waals surface area (Å²) in [6, 6.07) is 0. The highest BCUT2D eigenvalue weighted by molar-refractivity contribution is 6.16. The molecule has 0 amide bonds. The maximum absolute atomic E-state index is 8.60. The SMILES string of the molecule is C[C]1([AlH2])CC(CO)=NO1. The number of nitrogens with zero attached hydrogens (tertiary/aromatic N) is 1. The van der Waals surface area contributed by atoms with E-state index in [4.69, 9.17) is 9.94 Å². The molecule has 9 heavy (non-hydrogen) atoms. The molecule has 0 radical (unpaired) electrons. The van der Waals surface area contributed by atoms with Gasteiger partial charge in [-0.3, -0.25) is 0 Å². The van der Waals surface area contributed by atoms with Crippen molar-refractivity contribution in [2.75, 3.05) is 6.61 Å². The van der Waals surface area contributed by atoms with Crippen LogP contribution in [-0.2, 0) is 4.84 Å². The second-order valence-corrected chi connectivity index (χ2v) is 4.96. The summed E-state index contributed by atoms with van der Waals surface area (Å²) in [5.41, 5.74) is 0.771. The van der Waals surface area contributed by atoms with Crippen LogP contribution < -0.4 is 0 Å². The molecular weight excluding hydrogens is 133 g/mol. The Bertz CT molecular complexity index is 144. The van der Waals surface area contributed by atoms with Gasteiger partial charge in [0, 0.05) is 6.42 Å². The van der Waals surface area contributed by atoms with Gasteiger partial charge in [0.05, 0.1) is 16.8 Å². The van der Waals surface area contributed by atoms with Gasteiger partial charge in [0.2, 0.25) is 0 Å². The lowest BCUT2D eigenvalue weighted by Crippen LogP contribution is -2.24. The lowest BCUT2D eigenvalue weighted by Gasteiger charge is -2.13. The molecular formula is C5H10AlNO2. The van der Waals surface area contributed by atoms with E-state index in [-0.39, 0.29) is 11.1 Å². The van der Waals surface area contributed by atoms with E-state index in [2.05, 4.69) is 5.16 Å². The number of aliphatic hydroxyl groups is 1. The smallest absolute Gasteiger partial charge is 0.288 e. The van der Waals surface area contributed by atoms with Gasteiger partial charge in [0.15, 0.2) is 0 Å². The van der Waals surface area contributed by atoms with Gasteiger partial charge in [-0.2, -0.15) is 0 Å². The van der Waals surface area contributed by atoms with Gasteiger partial charge >= 0.3 is 0 Å². The first kappa shape index (κ1) is 7.07. The standard InChI is InChI=1S/C5H8NO2.Al.2H/c1-4-2-5(3-7)6-8-4;;;/h7H,2-3H2,1H3;;;. The Hall–Kier alpha value is -0.0375. The second-order valence-electron chi connectivity index (χ2n) is 2.84. The molecule has 0 saturated carbocycles. The summed E-state index contributed by atoms with van der Waals surface area (Å²) in [6.07, 6.45) is 0.801. The van der Waals surface area contributed by atoms with Crippen LogP contribution in [0.25, 0.3) is 0 Å². The second kappa shape index (κ2) is 2.30. The molecule has 0 fully saturated rings. The molecule has 0 aromatic rings. The average molecular weight is 143 g/mol. The molecule has 0 bridgehead atoms. The molecule has 0 spiro atoms. The zero-order valence-corrected chi connectivity index (χ0v) is 7.72. The third kappa shape index (κ3) is 1.68. The first-order valence-electron chi connectivity index (χ1n) is 2.99. The molecule has 1 unspecified atom stereocenters. The van der Waals surface area contributed by atoms with Crippen molar-refractivity contribution >= 4 is 22.0 Å². The topological polar surface area (TPSA) is 41.8 Å². The molecule has 1 rings (SSSR count). The Kier molecular flexibility index (Phi) is 1.81. The summed E-state index contributed by atoms with van der Waals surface area (Å²) in [6.45, 7) is 2.04. The number of oxime groups is 1. The minimum absolute atomic E-state index is 0.0395. The third-order valence-electron chi connectivity index (χ3n) is 1.23. The molecule has 1 aliphatic heterocycles. The van der Waals surface area contributed by atoms with Crippen molar-refractivity contribution in [2.45, 2.75) is 17.8 Å². The Morgan fingerprint density at radius 3 is 2.89 bits per heavy atom. The third-order valence-corrected chi connectivity index (χ3v) is 1.77. The van der Waals surface area contributed by atoms with Crippen LogP contribution in [0.15, 0.2) is 5.16 Å². The molecule has 4 heteroatoms. The molecule has 0 saturated heterocycles. The summed E-state index contributed by atoms with van der Waals surface area (Å²) in [5.74, 6) is 0. The fourth-order valence-electron chi connectivity index (χ4n) is 0.829. The molecule has 0 aromatic carbocycles. The molecule has 1 heterocycles. The van der Waals surface area contributed by atoms with Gasteiger partial charge in [-0.1, -0.05) is 5.16 Å². The van der Waals surface area contributed by atoms with Gasteiger partial charge < -0.3 is 9.94 Å². The van der Waals surface area contributed by atoms with Crippen molar-refractivity contribution in [2.24, 2.45) is 5.16 Å². The zero-order valence-electron chi connectivity index (χ0n) is 5.72. The van der Waals surface area contributed by atoms with E-state index >= 15 is 0 Å². The Labute approximate surface area is 62.1 Å². The van der Waals surface area contributed by atoms with Crippen molar-refractivity contribution in [3.63, 3.8) is 0 Å². The molecule has 1 atom stereocenters. The quantitative estimate of drug-likeness (QED) is 0.483. The van der Waals surface area contributed by atoms with Gasteiger partial charge in [-0.05, 0) is 6.92 Å². The highest BCUT2D eigenvalue weighted by atomic mass is 27.0. The van der Waals surface area contributed by atoms with E-state index in [1.54, 1.807) is 0 Å². The van der Waals surface area contributed by atoms with E-state index in [1.807, 2.05) is 6.92 Å². The Morgan fingerprint density at radius 2 is 2.67 bits per heavy atom. The maximum atomic E-state index is 8.60. The maximum Gasteiger partial charge on any atom is 0.288 e. The van der Waals surface area contributed by atoms with Crippen molar-refractivity contribution in [1.82, 2.24) is 0 Å². The summed E-state index contributed by atoms with van der Waals surface area (Å²) in [7, 11) is 0. The minimum Gasteiger partial charge on any atom is -0.407 e. The fourth-order valence-corrected chi connectivity index (χ4v) is 1.33. The molecule has 1 aliphatic rings. The van der Waals surface area contributed by atoms with Crippen molar-refractivity contribution < 1.29 is 9.94 Å². The number of rotatable bonds is 1. The predicted octanol–water partition coefficient (Wildman–Crippen LogP) is -0.896. The Morgan fingerprint density at radius 1 is 2.00 bits per heavy atom. The molecule has 3 nitrogen and oxygen atoms in total. The van der Waals surface area contributed by atoms with Crippen LogP contribution in [0.1, 0.15) is 13.3 Å². The summed E-state index contributed by atoms with van der Waals surface area (Å²) < 4.78 is -0.0575. The van der Waals surface area contributed by atoms with E-state index in [0.717, 1.165) is 28.4 Å². The molecule has 0 aromatic heterocycles. The van der Waals surface area contributed by atoms with Gasteiger partial charge in [0.1, 0.15) is 0 Å². The van der Waals surface area contributed by atoms with Gasteiger partial charge in [-0.15, -0.1) is 0 Å². The van der Waals surface area contributed by atoms with Gasteiger partial charge in [-0.25, -0.2) is 0 Å². The van der Waals surface area contributed by atoms with Crippen molar-refractivity contribution in [1.29, 1.82) is 0 Å². The first-order chi connectivity index (χ1) is 4.14. The zero-order chi connectivity index (χ0) is 6.91. The minimum atomic E-state index is -0.0575. The van der Waals surface area contributed by atoms with Crippen LogP contribution >= 0.6 is 0 Å². The predicted molar refractivity (Wildman–Crippen MR) is 37.2 cm³/mol. The normalized spacial score (nSPS) is 33.8. The summed E-state index contributed by atoms with van der Waals surface area (Å²) in [4.78, 5) is 5.03. The van der Waals surface area contributed by atoms with E-state index < -0.39 is 0 Å².